The van der Waals surface area contributed by atoms with Crippen LogP contribution < -0.4 is 10.1 Å². The number of halogens is 2. The molecule has 0 aliphatic carbocycles. The van der Waals surface area contributed by atoms with Crippen LogP contribution in [0.2, 0.25) is 0 Å². The molecular formula is C9H9F2NO. The second kappa shape index (κ2) is 2.87. The van der Waals surface area contributed by atoms with Gasteiger partial charge in [0, 0.05) is 0 Å². The summed E-state index contributed by atoms with van der Waals surface area (Å²) in [5, 5.41) is 2.95. The van der Waals surface area contributed by atoms with Gasteiger partial charge in [0.05, 0.1) is 12.2 Å². The lowest BCUT2D eigenvalue weighted by Crippen LogP contribution is -2.28. The van der Waals surface area contributed by atoms with Gasteiger partial charge < -0.3 is 10.1 Å². The molecule has 70 valence electrons. The van der Waals surface area contributed by atoms with Gasteiger partial charge in [0.15, 0.2) is 11.6 Å². The van der Waals surface area contributed by atoms with Crippen LogP contribution in [-0.2, 0) is 0 Å². The van der Waals surface area contributed by atoms with E-state index < -0.39 is 11.6 Å². The second-order valence-electron chi connectivity index (χ2n) is 3.05. The number of fused-ring (bicyclic) bond motifs is 1. The molecule has 0 spiro atoms. The largest absolute Gasteiger partial charge is 0.484 e. The number of nitrogens with one attached hydrogen (secondary N) is 1. The lowest BCUT2D eigenvalue weighted by atomic mass is 10.2. The highest BCUT2D eigenvalue weighted by atomic mass is 19.2. The molecule has 0 aromatic heterocycles. The summed E-state index contributed by atoms with van der Waals surface area (Å²) >= 11 is 0. The summed E-state index contributed by atoms with van der Waals surface area (Å²) in [5.74, 6) is -1.81. The Bertz CT molecular complexity index is 341. The van der Waals surface area contributed by atoms with Gasteiger partial charge in [-0.15, -0.1) is 0 Å². The van der Waals surface area contributed by atoms with Crippen molar-refractivity contribution in [3.63, 3.8) is 0 Å². The summed E-state index contributed by atoms with van der Waals surface area (Å²) < 4.78 is 31.0. The van der Waals surface area contributed by atoms with E-state index in [0.29, 0.717) is 12.2 Å². The van der Waals surface area contributed by atoms with Crippen LogP contribution in [0.4, 0.5) is 14.5 Å². The van der Waals surface area contributed by atoms with Gasteiger partial charge in [-0.3, -0.25) is 0 Å². The first kappa shape index (κ1) is 8.29. The van der Waals surface area contributed by atoms with E-state index in [1.165, 1.54) is 6.07 Å². The Hall–Kier alpha value is -1.32. The molecule has 0 saturated carbocycles. The third-order valence-electron chi connectivity index (χ3n) is 1.95. The van der Waals surface area contributed by atoms with Gasteiger partial charge in [-0.25, -0.2) is 4.39 Å². The van der Waals surface area contributed by atoms with Crippen molar-refractivity contribution in [3.8, 4) is 5.75 Å². The van der Waals surface area contributed by atoms with E-state index in [-0.39, 0.29) is 11.9 Å². The zero-order valence-electron chi connectivity index (χ0n) is 7.10. The van der Waals surface area contributed by atoms with E-state index in [4.69, 9.17) is 4.74 Å². The summed E-state index contributed by atoms with van der Waals surface area (Å²) in [5.41, 5.74) is 0.511. The molecule has 2 rings (SSSR count). The van der Waals surface area contributed by atoms with Crippen LogP contribution in [0.15, 0.2) is 12.1 Å². The summed E-state index contributed by atoms with van der Waals surface area (Å²) in [7, 11) is 0. The number of rotatable bonds is 0. The first-order valence-electron chi connectivity index (χ1n) is 4.07. The lowest BCUT2D eigenvalue weighted by Gasteiger charge is -2.24. The maximum Gasteiger partial charge on any atom is 0.202 e. The highest BCUT2D eigenvalue weighted by Crippen LogP contribution is 2.32. The zero-order chi connectivity index (χ0) is 9.42. The Kier molecular flexibility index (Phi) is 1.83. The number of anilines is 1. The molecule has 0 fully saturated rings. The van der Waals surface area contributed by atoms with Crippen LogP contribution >= 0.6 is 0 Å². The Labute approximate surface area is 74.5 Å². The molecule has 1 aliphatic rings. The van der Waals surface area contributed by atoms with Gasteiger partial charge in [-0.05, 0) is 19.1 Å². The number of benzene rings is 1. The minimum absolute atomic E-state index is 0.0150. The molecule has 0 amide bonds. The normalized spacial score (nSPS) is 20.1. The number of ether oxygens (including phenoxy) is 1. The Morgan fingerprint density at radius 1 is 1.46 bits per heavy atom. The average molecular weight is 185 g/mol. The lowest BCUT2D eigenvalue weighted by molar-refractivity contribution is 0.212. The molecule has 1 aliphatic heterocycles. The zero-order valence-corrected chi connectivity index (χ0v) is 7.10. The third-order valence-corrected chi connectivity index (χ3v) is 1.95. The fraction of sp³-hybridized carbons (Fsp3) is 0.333. The minimum Gasteiger partial charge on any atom is -0.484 e. The molecule has 1 aromatic carbocycles. The van der Waals surface area contributed by atoms with E-state index >= 15 is 0 Å². The topological polar surface area (TPSA) is 21.3 Å². The van der Waals surface area contributed by atoms with Gasteiger partial charge >= 0.3 is 0 Å². The van der Waals surface area contributed by atoms with Crippen molar-refractivity contribution in [1.82, 2.24) is 0 Å². The van der Waals surface area contributed by atoms with Crippen molar-refractivity contribution in [2.75, 3.05) is 11.9 Å². The summed E-state index contributed by atoms with van der Waals surface area (Å²) in [6.45, 7) is 2.40. The van der Waals surface area contributed by atoms with Gasteiger partial charge in [0.2, 0.25) is 5.82 Å². The molecule has 0 saturated heterocycles. The molecule has 0 unspecified atom stereocenters. The van der Waals surface area contributed by atoms with Crippen molar-refractivity contribution in [2.24, 2.45) is 0 Å². The summed E-state index contributed by atoms with van der Waals surface area (Å²) in [4.78, 5) is 0. The summed E-state index contributed by atoms with van der Waals surface area (Å²) in [6, 6.07) is 2.56. The quantitative estimate of drug-likeness (QED) is 0.668. The fourth-order valence-electron chi connectivity index (χ4n) is 1.28. The van der Waals surface area contributed by atoms with Gasteiger partial charge in [-0.2, -0.15) is 4.39 Å². The molecule has 1 aromatic rings. The molecule has 13 heavy (non-hydrogen) atoms. The molecule has 0 radical (unpaired) electrons. The van der Waals surface area contributed by atoms with Crippen LogP contribution in [0.25, 0.3) is 0 Å². The summed E-state index contributed by atoms with van der Waals surface area (Å²) in [6.07, 6.45) is -0.135. The molecule has 1 heterocycles. The Morgan fingerprint density at radius 2 is 2.23 bits per heavy atom. The Morgan fingerprint density at radius 3 is 3.00 bits per heavy atom. The fourth-order valence-corrected chi connectivity index (χ4v) is 1.28. The van der Waals surface area contributed by atoms with Crippen LogP contribution in [0.1, 0.15) is 6.92 Å². The third kappa shape index (κ3) is 1.32. The molecule has 4 heteroatoms. The molecular weight excluding hydrogens is 176 g/mol. The monoisotopic (exact) mass is 185 g/mol. The van der Waals surface area contributed by atoms with Crippen molar-refractivity contribution in [3.05, 3.63) is 23.8 Å². The van der Waals surface area contributed by atoms with E-state index in [9.17, 15) is 8.78 Å². The smallest absolute Gasteiger partial charge is 0.202 e. The van der Waals surface area contributed by atoms with E-state index in [2.05, 4.69) is 5.32 Å². The van der Waals surface area contributed by atoms with E-state index in [1.54, 1.807) is 6.92 Å². The number of hydrogen-bond acceptors (Lipinski definition) is 2. The van der Waals surface area contributed by atoms with E-state index in [1.807, 2.05) is 0 Å². The standard InChI is InChI=1S/C9H9F2NO/c1-5-4-12-7-3-2-6(10)8(11)9(7)13-5/h2-3,5,12H,4H2,1H3/t5-/m0/s1. The maximum atomic E-state index is 13.1. The van der Waals surface area contributed by atoms with Crippen molar-refractivity contribution in [1.29, 1.82) is 0 Å². The second-order valence-corrected chi connectivity index (χ2v) is 3.05. The highest BCUT2D eigenvalue weighted by molar-refractivity contribution is 5.58. The predicted molar refractivity (Wildman–Crippen MR) is 44.9 cm³/mol. The van der Waals surface area contributed by atoms with Crippen LogP contribution in [-0.4, -0.2) is 12.6 Å². The van der Waals surface area contributed by atoms with Crippen molar-refractivity contribution < 1.29 is 13.5 Å². The molecule has 1 N–H and O–H groups in total. The van der Waals surface area contributed by atoms with Crippen molar-refractivity contribution >= 4 is 5.69 Å². The van der Waals surface area contributed by atoms with Crippen molar-refractivity contribution in [2.45, 2.75) is 13.0 Å². The van der Waals surface area contributed by atoms with Gasteiger partial charge in [-0.1, -0.05) is 0 Å². The van der Waals surface area contributed by atoms with Gasteiger partial charge in [0.25, 0.3) is 0 Å². The number of hydrogen-bond donors (Lipinski definition) is 1. The predicted octanol–water partition coefficient (Wildman–Crippen LogP) is 2.16. The molecule has 1 atom stereocenters. The van der Waals surface area contributed by atoms with Crippen LogP contribution in [0.5, 0.6) is 5.75 Å². The van der Waals surface area contributed by atoms with Crippen LogP contribution in [0.3, 0.4) is 0 Å². The van der Waals surface area contributed by atoms with E-state index in [0.717, 1.165) is 6.07 Å². The van der Waals surface area contributed by atoms with Crippen LogP contribution in [0, 0.1) is 11.6 Å². The molecule has 0 bridgehead atoms. The highest BCUT2D eigenvalue weighted by Gasteiger charge is 2.21. The first-order valence-corrected chi connectivity index (χ1v) is 4.07. The minimum atomic E-state index is -0.920. The Balaban J connectivity index is 2.48. The van der Waals surface area contributed by atoms with Gasteiger partial charge in [0.1, 0.15) is 6.10 Å². The average Bonchev–Trinajstić information content (AvgIpc) is 2.12. The molecule has 2 nitrogen and oxygen atoms in total. The first-order chi connectivity index (χ1) is 6.18. The SMILES string of the molecule is C[C@H]1CNc2ccc(F)c(F)c2O1. The maximum absolute atomic E-state index is 13.1.